The Morgan fingerprint density at radius 2 is 1.73 bits per heavy atom. The van der Waals surface area contributed by atoms with E-state index in [1.807, 2.05) is 13.0 Å². The van der Waals surface area contributed by atoms with Gasteiger partial charge in [0.2, 0.25) is 5.43 Å². The fourth-order valence-corrected chi connectivity index (χ4v) is 4.87. The summed E-state index contributed by atoms with van der Waals surface area (Å²) in [7, 11) is 1.54. The SMILES string of the molecule is COc1ccc(-c2coc3c4c(cc(O)c3c2=O)OC(=O)C[C@@H]4c2coc3ccc(C)cc3c2=O)cc1. The Morgan fingerprint density at radius 1 is 0.946 bits per heavy atom. The maximum Gasteiger partial charge on any atom is 0.312 e. The molecule has 3 aromatic carbocycles. The number of methoxy groups -OCH3 is 1. The molecule has 0 fully saturated rings. The maximum absolute atomic E-state index is 13.5. The Hall–Kier alpha value is -4.85. The normalized spacial score (nSPS) is 15.0. The lowest BCUT2D eigenvalue weighted by molar-refractivity contribution is -0.135. The predicted molar refractivity (Wildman–Crippen MR) is 135 cm³/mol. The molecule has 0 saturated carbocycles. The first kappa shape index (κ1) is 22.6. The van der Waals surface area contributed by atoms with Crippen LogP contribution in [-0.2, 0) is 4.79 Å². The highest BCUT2D eigenvalue weighted by Crippen LogP contribution is 2.45. The van der Waals surface area contributed by atoms with Gasteiger partial charge in [-0.05, 0) is 36.8 Å². The van der Waals surface area contributed by atoms with E-state index in [0.29, 0.717) is 27.8 Å². The number of ether oxygens (including phenoxy) is 2. The zero-order valence-electron chi connectivity index (χ0n) is 19.9. The summed E-state index contributed by atoms with van der Waals surface area (Å²) in [5, 5.41) is 11.1. The third kappa shape index (κ3) is 3.57. The van der Waals surface area contributed by atoms with Crippen molar-refractivity contribution in [3.8, 4) is 28.4 Å². The molecule has 37 heavy (non-hydrogen) atoms. The molecular formula is C29H20O8. The molecule has 2 aromatic heterocycles. The van der Waals surface area contributed by atoms with E-state index in [1.54, 1.807) is 43.5 Å². The molecule has 3 heterocycles. The second-order valence-electron chi connectivity index (χ2n) is 8.97. The van der Waals surface area contributed by atoms with Gasteiger partial charge in [0.1, 0.15) is 40.1 Å². The number of phenolic OH excluding ortho intramolecular Hbond substituents is 1. The second-order valence-corrected chi connectivity index (χ2v) is 8.97. The lowest BCUT2D eigenvalue weighted by atomic mass is 9.85. The average molecular weight is 496 g/mol. The van der Waals surface area contributed by atoms with Gasteiger partial charge < -0.3 is 23.4 Å². The average Bonchev–Trinajstić information content (AvgIpc) is 2.89. The number of phenols is 1. The largest absolute Gasteiger partial charge is 0.507 e. The minimum Gasteiger partial charge on any atom is -0.507 e. The van der Waals surface area contributed by atoms with Crippen LogP contribution < -0.4 is 20.3 Å². The van der Waals surface area contributed by atoms with Gasteiger partial charge in [-0.2, -0.15) is 0 Å². The number of aromatic hydroxyl groups is 1. The fourth-order valence-electron chi connectivity index (χ4n) is 4.87. The number of fused-ring (bicyclic) bond motifs is 4. The summed E-state index contributed by atoms with van der Waals surface area (Å²) in [5.41, 5.74) is 1.93. The van der Waals surface area contributed by atoms with Crippen molar-refractivity contribution in [3.63, 3.8) is 0 Å². The number of carbonyl (C=O) groups is 1. The first-order valence-corrected chi connectivity index (χ1v) is 11.5. The summed E-state index contributed by atoms with van der Waals surface area (Å²) in [6.45, 7) is 1.87. The molecule has 0 spiro atoms. The first-order chi connectivity index (χ1) is 17.9. The third-order valence-corrected chi connectivity index (χ3v) is 6.70. The number of carbonyl (C=O) groups excluding carboxylic acids is 1. The summed E-state index contributed by atoms with van der Waals surface area (Å²) < 4.78 is 22.2. The van der Waals surface area contributed by atoms with Gasteiger partial charge in [-0.1, -0.05) is 23.8 Å². The van der Waals surface area contributed by atoms with Crippen LogP contribution in [0.3, 0.4) is 0 Å². The summed E-state index contributed by atoms with van der Waals surface area (Å²) >= 11 is 0. The zero-order chi connectivity index (χ0) is 25.8. The molecule has 1 aliphatic heterocycles. The second kappa shape index (κ2) is 8.37. The molecule has 6 rings (SSSR count). The van der Waals surface area contributed by atoms with E-state index in [1.165, 1.54) is 18.6 Å². The summed E-state index contributed by atoms with van der Waals surface area (Å²) in [5.74, 6) is -1.14. The molecular weight excluding hydrogens is 476 g/mol. The Balaban J connectivity index is 1.60. The third-order valence-electron chi connectivity index (χ3n) is 6.70. The Bertz CT molecular complexity index is 1840. The van der Waals surface area contributed by atoms with Gasteiger partial charge in [0.05, 0.1) is 30.7 Å². The van der Waals surface area contributed by atoms with Crippen LogP contribution in [0.15, 0.2) is 79.5 Å². The highest BCUT2D eigenvalue weighted by Gasteiger charge is 2.35. The van der Waals surface area contributed by atoms with Gasteiger partial charge >= 0.3 is 5.97 Å². The monoisotopic (exact) mass is 496 g/mol. The topological polar surface area (TPSA) is 116 Å². The van der Waals surface area contributed by atoms with E-state index >= 15 is 0 Å². The van der Waals surface area contributed by atoms with Crippen molar-refractivity contribution in [2.45, 2.75) is 19.3 Å². The zero-order valence-corrected chi connectivity index (χ0v) is 19.9. The standard InChI is InChI=1S/C29H20O8/c1-14-3-8-22-18(9-14)27(32)20(13-35-22)17-10-24(31)37-23-11-21(30)26-28(33)19(12-36-29(26)25(17)23)15-4-6-16(34-2)7-5-15/h3-9,11-13,17,30H,10H2,1-2H3/t17-/m1/s1. The predicted octanol–water partition coefficient (Wildman–Crippen LogP) is 5.03. The van der Waals surface area contributed by atoms with Gasteiger partial charge in [0, 0.05) is 23.1 Å². The highest BCUT2D eigenvalue weighted by molar-refractivity contribution is 5.94. The smallest absolute Gasteiger partial charge is 0.312 e. The molecule has 0 amide bonds. The lowest BCUT2D eigenvalue weighted by Gasteiger charge is -2.25. The Labute approximate surface area is 209 Å². The number of hydrogen-bond donors (Lipinski definition) is 1. The van der Waals surface area contributed by atoms with Gasteiger partial charge in [-0.15, -0.1) is 0 Å². The maximum atomic E-state index is 13.5. The van der Waals surface area contributed by atoms with E-state index in [9.17, 15) is 19.5 Å². The molecule has 0 bridgehead atoms. The summed E-state index contributed by atoms with van der Waals surface area (Å²) in [6, 6.07) is 13.3. The van der Waals surface area contributed by atoms with Crippen LogP contribution in [0.5, 0.6) is 17.2 Å². The van der Waals surface area contributed by atoms with Gasteiger partial charge in [0.25, 0.3) is 0 Å². The number of hydrogen-bond acceptors (Lipinski definition) is 8. The van der Waals surface area contributed by atoms with Crippen LogP contribution in [0.1, 0.15) is 29.0 Å². The molecule has 0 unspecified atom stereocenters. The molecule has 5 aromatic rings. The van der Waals surface area contributed by atoms with Crippen molar-refractivity contribution >= 4 is 27.9 Å². The number of benzene rings is 3. The molecule has 8 nitrogen and oxygen atoms in total. The number of aryl methyl sites for hydroxylation is 1. The van der Waals surface area contributed by atoms with Gasteiger partial charge in [-0.3, -0.25) is 14.4 Å². The minimum atomic E-state index is -0.810. The lowest BCUT2D eigenvalue weighted by Crippen LogP contribution is -2.25. The first-order valence-electron chi connectivity index (χ1n) is 11.5. The van der Waals surface area contributed by atoms with E-state index in [-0.39, 0.29) is 39.7 Å². The number of rotatable bonds is 3. The molecule has 1 N–H and O–H groups in total. The van der Waals surface area contributed by atoms with Crippen LogP contribution in [0.4, 0.5) is 0 Å². The van der Waals surface area contributed by atoms with E-state index in [2.05, 4.69) is 0 Å². The Morgan fingerprint density at radius 3 is 2.49 bits per heavy atom. The molecule has 1 aliphatic rings. The van der Waals surface area contributed by atoms with E-state index in [0.717, 1.165) is 5.56 Å². The Kier molecular flexibility index (Phi) is 5.12. The van der Waals surface area contributed by atoms with Crippen LogP contribution in [-0.4, -0.2) is 18.2 Å². The van der Waals surface area contributed by atoms with E-state index in [4.69, 9.17) is 18.3 Å². The molecule has 184 valence electrons. The molecule has 0 saturated heterocycles. The summed E-state index contributed by atoms with van der Waals surface area (Å²) in [4.78, 5) is 39.5. The molecule has 1 atom stereocenters. The van der Waals surface area contributed by atoms with Gasteiger partial charge in [0.15, 0.2) is 5.43 Å². The van der Waals surface area contributed by atoms with Crippen molar-refractivity contribution < 1.29 is 28.2 Å². The van der Waals surface area contributed by atoms with Crippen molar-refractivity contribution in [2.24, 2.45) is 0 Å². The van der Waals surface area contributed by atoms with Crippen molar-refractivity contribution in [1.82, 2.24) is 0 Å². The number of esters is 1. The molecule has 0 aliphatic carbocycles. The van der Waals surface area contributed by atoms with Crippen LogP contribution in [0, 0.1) is 6.92 Å². The quantitative estimate of drug-likeness (QED) is 0.273. The van der Waals surface area contributed by atoms with Crippen molar-refractivity contribution in [1.29, 1.82) is 0 Å². The van der Waals surface area contributed by atoms with Crippen molar-refractivity contribution in [2.75, 3.05) is 7.11 Å². The summed E-state index contributed by atoms with van der Waals surface area (Å²) in [6.07, 6.45) is 2.46. The van der Waals surface area contributed by atoms with Crippen molar-refractivity contribution in [3.05, 3.63) is 98.2 Å². The minimum absolute atomic E-state index is 0.0235. The fraction of sp³-hybridized carbons (Fsp3) is 0.138. The van der Waals surface area contributed by atoms with Gasteiger partial charge in [-0.25, -0.2) is 0 Å². The van der Waals surface area contributed by atoms with Crippen LogP contribution in [0.2, 0.25) is 0 Å². The highest BCUT2D eigenvalue weighted by atomic mass is 16.5. The molecule has 8 heteroatoms. The van der Waals surface area contributed by atoms with E-state index < -0.39 is 23.1 Å². The van der Waals surface area contributed by atoms with Crippen LogP contribution >= 0.6 is 0 Å². The molecule has 0 radical (unpaired) electrons. The van der Waals surface area contributed by atoms with Crippen LogP contribution in [0.25, 0.3) is 33.1 Å².